The maximum absolute atomic E-state index is 13.1. The predicted octanol–water partition coefficient (Wildman–Crippen LogP) is 2.42. The number of nitrogens with one attached hydrogen (secondary N) is 2. The summed E-state index contributed by atoms with van der Waals surface area (Å²) in [7, 11) is -3.95. The van der Waals surface area contributed by atoms with Gasteiger partial charge in [0, 0.05) is 5.69 Å². The van der Waals surface area contributed by atoms with Crippen LogP contribution < -0.4 is 15.8 Å². The predicted molar refractivity (Wildman–Crippen MR) is 120 cm³/mol. The minimum Gasteiger partial charge on any atom is -0.324 e. The van der Waals surface area contributed by atoms with Crippen molar-refractivity contribution in [2.24, 2.45) is 16.5 Å². The van der Waals surface area contributed by atoms with Crippen molar-refractivity contribution in [2.75, 3.05) is 11.9 Å². The van der Waals surface area contributed by atoms with Gasteiger partial charge >= 0.3 is 6.03 Å². The number of hydrogen-bond donors (Lipinski definition) is 3. The Balaban J connectivity index is 1.72. The van der Waals surface area contributed by atoms with Crippen molar-refractivity contribution in [1.29, 1.82) is 0 Å². The van der Waals surface area contributed by atoms with E-state index >= 15 is 0 Å². The fourth-order valence-electron chi connectivity index (χ4n) is 4.59. The quantitative estimate of drug-likeness (QED) is 0.587. The lowest BCUT2D eigenvalue weighted by atomic mass is 9.67. The molecule has 0 radical (unpaired) electrons. The number of sulfonamides is 1. The lowest BCUT2D eigenvalue weighted by molar-refractivity contribution is -0.135. The van der Waals surface area contributed by atoms with Gasteiger partial charge in [-0.05, 0) is 74.1 Å². The van der Waals surface area contributed by atoms with Crippen LogP contribution in [0.4, 0.5) is 10.5 Å². The molecule has 0 aromatic heterocycles. The number of benzene rings is 1. The van der Waals surface area contributed by atoms with E-state index in [1.165, 1.54) is 12.1 Å². The van der Waals surface area contributed by atoms with E-state index in [9.17, 15) is 22.8 Å². The number of carbonyl (C=O) groups excluding carboxylic acids is 3. The number of imide groups is 1. The molecule has 10 heteroatoms. The van der Waals surface area contributed by atoms with Crippen molar-refractivity contribution in [3.8, 4) is 0 Å². The molecule has 1 aromatic rings. The van der Waals surface area contributed by atoms with Crippen LogP contribution in [0.2, 0.25) is 0 Å². The largest absolute Gasteiger partial charge is 0.325 e. The van der Waals surface area contributed by atoms with E-state index in [1.807, 2.05) is 0 Å². The first-order valence-corrected chi connectivity index (χ1v) is 12.3. The standard InChI is InChI=1S/C22H32N4O5S/c1-13-10-16(32(23,30)31)11-17(14(13)2)24-18(27)12-26-19(28)22(25-20(26)29)8-6-15(7-9-22)21(3,4)5/h10-11,15H,6-9,12H2,1-5H3,(H,24,27)(H,25,29)(H2,23,30,31). The molecule has 2 aliphatic rings. The van der Waals surface area contributed by atoms with Crippen molar-refractivity contribution in [1.82, 2.24) is 10.2 Å². The molecule has 0 bridgehead atoms. The Morgan fingerprint density at radius 1 is 1.22 bits per heavy atom. The topological polar surface area (TPSA) is 139 Å². The zero-order chi connectivity index (χ0) is 24.1. The Labute approximate surface area is 189 Å². The first kappa shape index (κ1) is 24.2. The van der Waals surface area contributed by atoms with Crippen LogP contribution in [0.15, 0.2) is 17.0 Å². The summed E-state index contributed by atoms with van der Waals surface area (Å²) in [6, 6.07) is 2.12. The number of primary sulfonamides is 1. The first-order valence-electron chi connectivity index (χ1n) is 10.7. The SMILES string of the molecule is Cc1cc(S(N)(=O)=O)cc(NC(=O)CN2C(=O)NC3(CCC(C(C)(C)C)CC3)C2=O)c1C. The van der Waals surface area contributed by atoms with Gasteiger partial charge in [0.15, 0.2) is 0 Å². The number of carbonyl (C=O) groups is 3. The lowest BCUT2D eigenvalue weighted by Gasteiger charge is -2.40. The van der Waals surface area contributed by atoms with Crippen LogP contribution in [0, 0.1) is 25.2 Å². The maximum atomic E-state index is 13.1. The molecule has 32 heavy (non-hydrogen) atoms. The zero-order valence-corrected chi connectivity index (χ0v) is 20.1. The molecule has 176 valence electrons. The summed E-state index contributed by atoms with van der Waals surface area (Å²) in [6.45, 7) is 9.51. The lowest BCUT2D eigenvalue weighted by Crippen LogP contribution is -2.51. The Morgan fingerprint density at radius 2 is 1.81 bits per heavy atom. The molecule has 1 saturated carbocycles. The molecule has 3 rings (SSSR count). The average Bonchev–Trinajstić information content (AvgIpc) is 2.88. The van der Waals surface area contributed by atoms with Crippen LogP contribution in [0.5, 0.6) is 0 Å². The van der Waals surface area contributed by atoms with Crippen molar-refractivity contribution in [2.45, 2.75) is 70.7 Å². The highest BCUT2D eigenvalue weighted by Gasteiger charge is 2.53. The smallest absolute Gasteiger partial charge is 0.324 e. The molecular formula is C22H32N4O5S. The van der Waals surface area contributed by atoms with Crippen LogP contribution in [0.25, 0.3) is 0 Å². The Kier molecular flexibility index (Phi) is 6.16. The van der Waals surface area contributed by atoms with E-state index in [4.69, 9.17) is 5.14 Å². The number of anilines is 1. The number of nitrogens with two attached hydrogens (primary N) is 1. The first-order chi connectivity index (χ1) is 14.6. The molecule has 2 fully saturated rings. The molecule has 1 aliphatic carbocycles. The minimum absolute atomic E-state index is 0.125. The molecule has 9 nitrogen and oxygen atoms in total. The Hall–Kier alpha value is -2.46. The van der Waals surface area contributed by atoms with Gasteiger partial charge in [-0.2, -0.15) is 0 Å². The number of nitrogens with zero attached hydrogens (tertiary/aromatic N) is 1. The van der Waals surface area contributed by atoms with Crippen LogP contribution >= 0.6 is 0 Å². The fourth-order valence-corrected chi connectivity index (χ4v) is 5.21. The molecule has 4 amide bonds. The zero-order valence-electron chi connectivity index (χ0n) is 19.2. The fraction of sp³-hybridized carbons (Fsp3) is 0.591. The van der Waals surface area contributed by atoms with Gasteiger partial charge in [0.1, 0.15) is 12.1 Å². The third-order valence-corrected chi connectivity index (χ3v) is 7.75. The van der Waals surface area contributed by atoms with E-state index in [0.29, 0.717) is 29.9 Å². The van der Waals surface area contributed by atoms with Crippen molar-refractivity contribution >= 4 is 33.6 Å². The van der Waals surface area contributed by atoms with E-state index in [0.717, 1.165) is 17.7 Å². The van der Waals surface area contributed by atoms with Gasteiger partial charge in [0.25, 0.3) is 5.91 Å². The van der Waals surface area contributed by atoms with E-state index in [1.54, 1.807) is 13.8 Å². The van der Waals surface area contributed by atoms with Gasteiger partial charge < -0.3 is 10.6 Å². The van der Waals surface area contributed by atoms with E-state index < -0.39 is 34.0 Å². The highest BCUT2D eigenvalue weighted by atomic mass is 32.2. The van der Waals surface area contributed by atoms with Crippen molar-refractivity contribution in [3.05, 3.63) is 23.3 Å². The normalized spacial score (nSPS) is 24.1. The maximum Gasteiger partial charge on any atom is 0.325 e. The molecule has 1 spiro atoms. The summed E-state index contributed by atoms with van der Waals surface area (Å²) < 4.78 is 23.4. The molecule has 1 aliphatic heterocycles. The molecule has 1 saturated heterocycles. The van der Waals surface area contributed by atoms with E-state index in [-0.39, 0.29) is 21.9 Å². The van der Waals surface area contributed by atoms with Crippen LogP contribution in [0.1, 0.15) is 57.6 Å². The molecule has 0 atom stereocenters. The van der Waals surface area contributed by atoms with Gasteiger partial charge in [-0.3, -0.25) is 14.5 Å². The third-order valence-electron chi connectivity index (χ3n) is 6.86. The van der Waals surface area contributed by atoms with Gasteiger partial charge in [-0.25, -0.2) is 18.4 Å². The molecule has 4 N–H and O–H groups in total. The molecule has 1 heterocycles. The molecule has 1 aromatic carbocycles. The summed E-state index contributed by atoms with van der Waals surface area (Å²) in [5, 5.41) is 10.7. The summed E-state index contributed by atoms with van der Waals surface area (Å²) >= 11 is 0. The highest BCUT2D eigenvalue weighted by Crippen LogP contribution is 2.43. The number of amides is 4. The van der Waals surface area contributed by atoms with Gasteiger partial charge in [-0.15, -0.1) is 0 Å². The number of rotatable bonds is 4. The second kappa shape index (κ2) is 8.15. The number of aryl methyl sites for hydroxylation is 1. The van der Waals surface area contributed by atoms with Gasteiger partial charge in [0.2, 0.25) is 15.9 Å². The molecule has 0 unspecified atom stereocenters. The van der Waals surface area contributed by atoms with Crippen molar-refractivity contribution in [3.63, 3.8) is 0 Å². The summed E-state index contributed by atoms with van der Waals surface area (Å²) in [6.07, 6.45) is 2.75. The molecular weight excluding hydrogens is 432 g/mol. The second-order valence-corrected chi connectivity index (χ2v) is 11.6. The van der Waals surface area contributed by atoms with Crippen molar-refractivity contribution < 1.29 is 22.8 Å². The average molecular weight is 465 g/mol. The minimum atomic E-state index is -3.95. The number of urea groups is 1. The number of hydrogen-bond acceptors (Lipinski definition) is 5. The highest BCUT2D eigenvalue weighted by molar-refractivity contribution is 7.89. The summed E-state index contributed by atoms with van der Waals surface area (Å²) in [5.74, 6) is -0.508. The van der Waals surface area contributed by atoms with Crippen LogP contribution in [0.3, 0.4) is 0 Å². The van der Waals surface area contributed by atoms with Gasteiger partial charge in [0.05, 0.1) is 4.90 Å². The monoisotopic (exact) mass is 464 g/mol. The third kappa shape index (κ3) is 4.66. The Morgan fingerprint density at radius 3 is 2.34 bits per heavy atom. The van der Waals surface area contributed by atoms with Crippen LogP contribution in [-0.2, 0) is 19.6 Å². The van der Waals surface area contributed by atoms with Crippen LogP contribution in [-0.4, -0.2) is 43.2 Å². The Bertz CT molecular complexity index is 1070. The summed E-state index contributed by atoms with van der Waals surface area (Å²) in [5.41, 5.74) is 0.760. The second-order valence-electron chi connectivity index (χ2n) is 10.0. The summed E-state index contributed by atoms with van der Waals surface area (Å²) in [4.78, 5) is 39.2. The van der Waals surface area contributed by atoms with Gasteiger partial charge in [-0.1, -0.05) is 20.8 Å². The van der Waals surface area contributed by atoms with E-state index in [2.05, 4.69) is 31.4 Å².